The highest BCUT2D eigenvalue weighted by Crippen LogP contribution is 2.29. The SMILES string of the molecule is COc1nc(C)c(NC(=O)Nc2ccc(OC)c(OC)c2)c(C)n1. The summed E-state index contributed by atoms with van der Waals surface area (Å²) in [5.41, 5.74) is 2.33. The van der Waals surface area contributed by atoms with Crippen LogP contribution in [0.5, 0.6) is 17.5 Å². The summed E-state index contributed by atoms with van der Waals surface area (Å²) in [5.74, 6) is 1.11. The molecule has 0 radical (unpaired) electrons. The van der Waals surface area contributed by atoms with Crippen LogP contribution in [0, 0.1) is 13.8 Å². The molecule has 0 aliphatic heterocycles. The first-order valence-electron chi connectivity index (χ1n) is 7.17. The number of aromatic nitrogens is 2. The number of methoxy groups -OCH3 is 3. The highest BCUT2D eigenvalue weighted by molar-refractivity contribution is 6.00. The van der Waals surface area contributed by atoms with Crippen molar-refractivity contribution in [2.45, 2.75) is 13.8 Å². The standard InChI is InChI=1S/C16H20N4O4/c1-9-14(10(2)18-16(17-9)24-5)20-15(21)19-11-6-7-12(22-3)13(8-11)23-4/h6-8H,1-5H3,(H2,19,20,21). The van der Waals surface area contributed by atoms with Gasteiger partial charge in [0.05, 0.1) is 38.4 Å². The van der Waals surface area contributed by atoms with Gasteiger partial charge < -0.3 is 24.8 Å². The maximum absolute atomic E-state index is 12.2. The molecule has 0 fully saturated rings. The number of nitrogens with one attached hydrogen (secondary N) is 2. The number of hydrogen-bond acceptors (Lipinski definition) is 6. The predicted octanol–water partition coefficient (Wildman–Crippen LogP) is 2.76. The van der Waals surface area contributed by atoms with Gasteiger partial charge in [-0.2, -0.15) is 9.97 Å². The second-order valence-electron chi connectivity index (χ2n) is 4.91. The number of carbonyl (C=O) groups excluding carboxylic acids is 1. The van der Waals surface area contributed by atoms with Gasteiger partial charge >= 0.3 is 12.0 Å². The van der Waals surface area contributed by atoms with Gasteiger partial charge in [-0.05, 0) is 26.0 Å². The smallest absolute Gasteiger partial charge is 0.323 e. The van der Waals surface area contributed by atoms with Gasteiger partial charge in [0.2, 0.25) is 0 Å². The Morgan fingerprint density at radius 2 is 1.54 bits per heavy atom. The average Bonchev–Trinajstić information content (AvgIpc) is 2.57. The summed E-state index contributed by atoms with van der Waals surface area (Å²) in [6.07, 6.45) is 0. The molecular formula is C16H20N4O4. The average molecular weight is 332 g/mol. The Morgan fingerprint density at radius 1 is 0.917 bits per heavy atom. The predicted molar refractivity (Wildman–Crippen MR) is 90.2 cm³/mol. The van der Waals surface area contributed by atoms with E-state index < -0.39 is 6.03 Å². The molecule has 0 saturated carbocycles. The van der Waals surface area contributed by atoms with Crippen molar-refractivity contribution in [3.63, 3.8) is 0 Å². The minimum atomic E-state index is -0.415. The lowest BCUT2D eigenvalue weighted by atomic mass is 10.2. The number of hydrogen-bond donors (Lipinski definition) is 2. The molecule has 1 aromatic heterocycles. The Kier molecular flexibility index (Phi) is 5.41. The van der Waals surface area contributed by atoms with Crippen LogP contribution in [0.3, 0.4) is 0 Å². The minimum absolute atomic E-state index is 0.260. The molecule has 2 N–H and O–H groups in total. The summed E-state index contributed by atoms with van der Waals surface area (Å²) >= 11 is 0. The fourth-order valence-corrected chi connectivity index (χ4v) is 2.15. The molecule has 8 heteroatoms. The van der Waals surface area contributed by atoms with E-state index in [1.807, 2.05) is 0 Å². The lowest BCUT2D eigenvalue weighted by molar-refractivity contribution is 0.262. The molecule has 2 aromatic rings. The molecule has 0 saturated heterocycles. The highest BCUT2D eigenvalue weighted by atomic mass is 16.5. The van der Waals surface area contributed by atoms with E-state index in [-0.39, 0.29) is 6.01 Å². The fraction of sp³-hybridized carbons (Fsp3) is 0.312. The van der Waals surface area contributed by atoms with Crippen molar-refractivity contribution in [2.75, 3.05) is 32.0 Å². The normalized spacial score (nSPS) is 10.0. The van der Waals surface area contributed by atoms with Gasteiger partial charge in [-0.15, -0.1) is 0 Å². The van der Waals surface area contributed by atoms with E-state index in [1.54, 1.807) is 39.2 Å². The highest BCUT2D eigenvalue weighted by Gasteiger charge is 2.13. The third-order valence-electron chi connectivity index (χ3n) is 3.31. The maximum Gasteiger partial charge on any atom is 0.323 e. The third-order valence-corrected chi connectivity index (χ3v) is 3.31. The van der Waals surface area contributed by atoms with Crippen LogP contribution in [0.15, 0.2) is 18.2 Å². The van der Waals surface area contributed by atoms with Crippen molar-refractivity contribution < 1.29 is 19.0 Å². The molecule has 0 bridgehead atoms. The summed E-state index contributed by atoms with van der Waals surface area (Å²) in [6.45, 7) is 3.53. The molecule has 128 valence electrons. The monoisotopic (exact) mass is 332 g/mol. The zero-order valence-electron chi connectivity index (χ0n) is 14.3. The topological polar surface area (TPSA) is 94.6 Å². The van der Waals surface area contributed by atoms with Crippen LogP contribution in [0.2, 0.25) is 0 Å². The summed E-state index contributed by atoms with van der Waals surface area (Å²) in [7, 11) is 4.57. The van der Waals surface area contributed by atoms with E-state index in [0.29, 0.717) is 34.3 Å². The number of urea groups is 1. The van der Waals surface area contributed by atoms with Crippen molar-refractivity contribution in [1.82, 2.24) is 9.97 Å². The first kappa shape index (κ1) is 17.3. The quantitative estimate of drug-likeness (QED) is 0.874. The number of benzene rings is 1. The molecule has 0 aliphatic rings. The summed E-state index contributed by atoms with van der Waals surface area (Å²) in [4.78, 5) is 20.5. The number of nitrogens with zero attached hydrogens (tertiary/aromatic N) is 2. The molecule has 0 aliphatic carbocycles. The molecule has 2 amide bonds. The van der Waals surface area contributed by atoms with E-state index in [9.17, 15) is 4.79 Å². The second kappa shape index (κ2) is 7.49. The van der Waals surface area contributed by atoms with Crippen LogP contribution in [0.4, 0.5) is 16.2 Å². The van der Waals surface area contributed by atoms with Crippen molar-refractivity contribution >= 4 is 17.4 Å². The molecule has 24 heavy (non-hydrogen) atoms. The van der Waals surface area contributed by atoms with Crippen LogP contribution in [-0.2, 0) is 0 Å². The number of carbonyl (C=O) groups is 1. The molecule has 0 unspecified atom stereocenters. The number of rotatable bonds is 5. The maximum atomic E-state index is 12.2. The van der Waals surface area contributed by atoms with Crippen LogP contribution in [-0.4, -0.2) is 37.3 Å². The molecule has 0 atom stereocenters. The summed E-state index contributed by atoms with van der Waals surface area (Å²) in [5, 5.41) is 5.47. The van der Waals surface area contributed by atoms with Crippen molar-refractivity contribution in [2.24, 2.45) is 0 Å². The lowest BCUT2D eigenvalue weighted by Gasteiger charge is -2.13. The first-order valence-corrected chi connectivity index (χ1v) is 7.17. The summed E-state index contributed by atoms with van der Waals surface area (Å²) < 4.78 is 15.4. The second-order valence-corrected chi connectivity index (χ2v) is 4.91. The van der Waals surface area contributed by atoms with E-state index >= 15 is 0 Å². The van der Waals surface area contributed by atoms with Crippen LogP contribution >= 0.6 is 0 Å². The van der Waals surface area contributed by atoms with Crippen molar-refractivity contribution in [3.05, 3.63) is 29.6 Å². The van der Waals surface area contributed by atoms with Crippen molar-refractivity contribution in [3.8, 4) is 17.5 Å². The zero-order valence-corrected chi connectivity index (χ0v) is 14.3. The molecular weight excluding hydrogens is 312 g/mol. The number of anilines is 2. The van der Waals surface area contributed by atoms with Crippen LogP contribution in [0.1, 0.15) is 11.4 Å². The van der Waals surface area contributed by atoms with Gasteiger partial charge in [-0.3, -0.25) is 0 Å². The largest absolute Gasteiger partial charge is 0.493 e. The molecule has 8 nitrogen and oxygen atoms in total. The molecule has 0 spiro atoms. The number of aryl methyl sites for hydroxylation is 2. The van der Waals surface area contributed by atoms with Gasteiger partial charge in [0, 0.05) is 11.8 Å². The van der Waals surface area contributed by atoms with Gasteiger partial charge in [0.15, 0.2) is 11.5 Å². The van der Waals surface area contributed by atoms with E-state index in [4.69, 9.17) is 14.2 Å². The van der Waals surface area contributed by atoms with Gasteiger partial charge in [0.25, 0.3) is 0 Å². The minimum Gasteiger partial charge on any atom is -0.493 e. The Labute approximate surface area is 140 Å². The van der Waals surface area contributed by atoms with Crippen LogP contribution < -0.4 is 24.8 Å². The third kappa shape index (κ3) is 3.83. The molecule has 1 aromatic carbocycles. The van der Waals surface area contributed by atoms with E-state index in [0.717, 1.165) is 0 Å². The van der Waals surface area contributed by atoms with Crippen molar-refractivity contribution in [1.29, 1.82) is 0 Å². The van der Waals surface area contributed by atoms with E-state index in [1.165, 1.54) is 14.2 Å². The van der Waals surface area contributed by atoms with E-state index in [2.05, 4.69) is 20.6 Å². The Hall–Kier alpha value is -3.03. The lowest BCUT2D eigenvalue weighted by Crippen LogP contribution is -2.21. The Balaban J connectivity index is 2.14. The summed E-state index contributed by atoms with van der Waals surface area (Å²) in [6, 6.07) is 4.94. The number of ether oxygens (including phenoxy) is 3. The molecule has 2 rings (SSSR count). The Bertz CT molecular complexity index is 726. The number of amides is 2. The molecule has 1 heterocycles. The van der Waals surface area contributed by atoms with Gasteiger partial charge in [-0.1, -0.05) is 0 Å². The zero-order chi connectivity index (χ0) is 17.7. The first-order chi connectivity index (χ1) is 11.5. The Morgan fingerprint density at radius 3 is 2.08 bits per heavy atom. The fourth-order valence-electron chi connectivity index (χ4n) is 2.15. The van der Waals surface area contributed by atoms with Crippen LogP contribution in [0.25, 0.3) is 0 Å². The van der Waals surface area contributed by atoms with Gasteiger partial charge in [-0.25, -0.2) is 4.79 Å². The van der Waals surface area contributed by atoms with Gasteiger partial charge in [0.1, 0.15) is 0 Å².